The molecule has 1 heterocycles. The van der Waals surface area contributed by atoms with Gasteiger partial charge in [0.05, 0.1) is 0 Å². The van der Waals surface area contributed by atoms with Crippen LogP contribution in [0.5, 0.6) is 0 Å². The van der Waals surface area contributed by atoms with Crippen LogP contribution in [0.25, 0.3) is 64.3 Å². The van der Waals surface area contributed by atoms with Crippen LogP contribution >= 0.6 is 11.3 Å². The van der Waals surface area contributed by atoms with E-state index in [0.717, 1.165) is 17.1 Å². The highest BCUT2D eigenvalue weighted by molar-refractivity contribution is 7.18. The number of nitrogens with zero attached hydrogens (tertiary/aromatic N) is 1. The second-order valence-corrected chi connectivity index (χ2v) is 13.2. The second kappa shape index (κ2) is 12.0. The summed E-state index contributed by atoms with van der Waals surface area (Å²) in [6, 6.07) is 68.1. The van der Waals surface area contributed by atoms with Crippen LogP contribution in [0.15, 0.2) is 188 Å². The van der Waals surface area contributed by atoms with Gasteiger partial charge < -0.3 is 4.90 Å². The summed E-state index contributed by atoms with van der Waals surface area (Å²) in [5.74, 6) is 0. The third-order valence-corrected chi connectivity index (χ3v) is 10.5. The number of rotatable bonds is 6. The van der Waals surface area contributed by atoms with E-state index in [1.165, 1.54) is 64.3 Å². The molecule has 0 spiro atoms. The summed E-state index contributed by atoms with van der Waals surface area (Å²) >= 11 is 1.84. The standard InChI is InChI=1S/C46H31NS/c1-3-11-32(12-4-1)33-19-23-36(24-20-33)47(37-25-21-35(22-26-37)46-30-29-45(48-46)34-13-5-2-6-14-34)38-27-28-43-41-17-8-7-15-39(41)40-16-9-10-18-42(40)44(43)31-38/h1-31H. The van der Waals surface area contributed by atoms with E-state index in [9.17, 15) is 0 Å². The number of thiophene rings is 1. The van der Waals surface area contributed by atoms with Crippen molar-refractivity contribution in [3.05, 3.63) is 188 Å². The van der Waals surface area contributed by atoms with Gasteiger partial charge in [0.1, 0.15) is 0 Å². The molecule has 2 heteroatoms. The molecule has 48 heavy (non-hydrogen) atoms. The highest BCUT2D eigenvalue weighted by atomic mass is 32.1. The van der Waals surface area contributed by atoms with Crippen molar-refractivity contribution in [1.29, 1.82) is 0 Å². The fourth-order valence-electron chi connectivity index (χ4n) is 6.94. The molecule has 9 rings (SSSR count). The zero-order chi connectivity index (χ0) is 31.9. The van der Waals surface area contributed by atoms with Gasteiger partial charge >= 0.3 is 0 Å². The Labute approximate surface area is 284 Å². The fraction of sp³-hybridized carbons (Fsp3) is 0. The number of hydrogen-bond donors (Lipinski definition) is 0. The molecule has 0 radical (unpaired) electrons. The van der Waals surface area contributed by atoms with Gasteiger partial charge in [0.2, 0.25) is 0 Å². The molecule has 0 aliphatic rings. The number of fused-ring (bicyclic) bond motifs is 6. The highest BCUT2D eigenvalue weighted by Gasteiger charge is 2.16. The lowest BCUT2D eigenvalue weighted by Crippen LogP contribution is -2.10. The van der Waals surface area contributed by atoms with Crippen LogP contribution in [0.4, 0.5) is 17.1 Å². The van der Waals surface area contributed by atoms with Crippen LogP contribution < -0.4 is 4.90 Å². The summed E-state index contributed by atoms with van der Waals surface area (Å²) in [7, 11) is 0. The molecule has 0 unspecified atom stereocenters. The lowest BCUT2D eigenvalue weighted by atomic mass is 9.94. The highest BCUT2D eigenvalue weighted by Crippen LogP contribution is 2.42. The molecule has 9 aromatic rings. The van der Waals surface area contributed by atoms with E-state index in [4.69, 9.17) is 0 Å². The zero-order valence-corrected chi connectivity index (χ0v) is 27.1. The molecule has 0 amide bonds. The van der Waals surface area contributed by atoms with Crippen molar-refractivity contribution in [3.8, 4) is 32.0 Å². The molecule has 1 nitrogen and oxygen atoms in total. The number of anilines is 3. The lowest BCUT2D eigenvalue weighted by molar-refractivity contribution is 1.29. The Balaban J connectivity index is 1.17. The molecule has 0 aliphatic carbocycles. The summed E-state index contributed by atoms with van der Waals surface area (Å²) in [4.78, 5) is 4.93. The van der Waals surface area contributed by atoms with E-state index in [-0.39, 0.29) is 0 Å². The quantitative estimate of drug-likeness (QED) is 0.165. The van der Waals surface area contributed by atoms with Crippen LogP contribution in [0.3, 0.4) is 0 Å². The molecule has 0 fully saturated rings. The van der Waals surface area contributed by atoms with Gasteiger partial charge in [-0.3, -0.25) is 0 Å². The van der Waals surface area contributed by atoms with Gasteiger partial charge in [0, 0.05) is 26.8 Å². The molecule has 0 aliphatic heterocycles. The van der Waals surface area contributed by atoms with Crippen LogP contribution in [0, 0.1) is 0 Å². The second-order valence-electron chi connectivity index (χ2n) is 12.1. The maximum Gasteiger partial charge on any atom is 0.0468 e. The maximum absolute atomic E-state index is 2.38. The molecule has 0 bridgehead atoms. The van der Waals surface area contributed by atoms with Gasteiger partial charge in [0.25, 0.3) is 0 Å². The minimum atomic E-state index is 1.12. The Hall–Kier alpha value is -5.96. The average Bonchev–Trinajstić information content (AvgIpc) is 3.67. The monoisotopic (exact) mass is 629 g/mol. The van der Waals surface area contributed by atoms with E-state index in [2.05, 4.69) is 193 Å². The van der Waals surface area contributed by atoms with Crippen molar-refractivity contribution in [1.82, 2.24) is 0 Å². The number of hydrogen-bond acceptors (Lipinski definition) is 2. The van der Waals surface area contributed by atoms with Gasteiger partial charge in [-0.15, -0.1) is 11.3 Å². The SMILES string of the molecule is c1ccc(-c2ccc(N(c3ccc(-c4ccc(-c5ccccc5)s4)cc3)c3ccc4c5ccccc5c5ccccc5c4c3)cc2)cc1. The van der Waals surface area contributed by atoms with E-state index in [0.29, 0.717) is 0 Å². The van der Waals surface area contributed by atoms with Crippen LogP contribution in [-0.2, 0) is 0 Å². The molecule has 0 N–H and O–H groups in total. The summed E-state index contributed by atoms with van der Waals surface area (Å²) in [6.45, 7) is 0. The Bertz CT molecular complexity index is 2500. The van der Waals surface area contributed by atoms with Crippen molar-refractivity contribution in [2.75, 3.05) is 4.90 Å². The molecule has 0 atom stereocenters. The predicted molar refractivity (Wildman–Crippen MR) is 208 cm³/mol. The largest absolute Gasteiger partial charge is 0.310 e. The van der Waals surface area contributed by atoms with E-state index < -0.39 is 0 Å². The van der Waals surface area contributed by atoms with Crippen molar-refractivity contribution in [2.45, 2.75) is 0 Å². The predicted octanol–water partition coefficient (Wildman–Crippen LogP) is 13.7. The first-order valence-corrected chi connectivity index (χ1v) is 17.2. The smallest absolute Gasteiger partial charge is 0.0468 e. The van der Waals surface area contributed by atoms with Gasteiger partial charge in [-0.05, 0) is 103 Å². The van der Waals surface area contributed by atoms with Crippen molar-refractivity contribution >= 4 is 60.7 Å². The number of benzene rings is 8. The van der Waals surface area contributed by atoms with Crippen LogP contribution in [0.2, 0.25) is 0 Å². The fourth-order valence-corrected chi connectivity index (χ4v) is 7.96. The molecule has 226 valence electrons. The van der Waals surface area contributed by atoms with Gasteiger partial charge in [-0.2, -0.15) is 0 Å². The Morgan fingerprint density at radius 1 is 0.271 bits per heavy atom. The molecule has 1 aromatic heterocycles. The van der Waals surface area contributed by atoms with Gasteiger partial charge in [0.15, 0.2) is 0 Å². The van der Waals surface area contributed by atoms with E-state index in [1.807, 2.05) is 11.3 Å². The van der Waals surface area contributed by atoms with Crippen LogP contribution in [0.1, 0.15) is 0 Å². The lowest BCUT2D eigenvalue weighted by Gasteiger charge is -2.26. The third-order valence-electron chi connectivity index (χ3n) is 9.29. The molecule has 0 saturated heterocycles. The molecule has 8 aromatic carbocycles. The summed E-state index contributed by atoms with van der Waals surface area (Å²) < 4.78 is 0. The molecular weight excluding hydrogens is 599 g/mol. The average molecular weight is 630 g/mol. The third kappa shape index (κ3) is 5.04. The minimum absolute atomic E-state index is 1.12. The van der Waals surface area contributed by atoms with Crippen molar-refractivity contribution < 1.29 is 0 Å². The van der Waals surface area contributed by atoms with E-state index in [1.54, 1.807) is 0 Å². The van der Waals surface area contributed by atoms with Gasteiger partial charge in [-0.1, -0.05) is 140 Å². The van der Waals surface area contributed by atoms with Gasteiger partial charge in [-0.25, -0.2) is 0 Å². The summed E-state index contributed by atoms with van der Waals surface area (Å²) in [6.07, 6.45) is 0. The van der Waals surface area contributed by atoms with Crippen molar-refractivity contribution in [3.63, 3.8) is 0 Å². The van der Waals surface area contributed by atoms with E-state index >= 15 is 0 Å². The Morgan fingerprint density at radius 2 is 0.646 bits per heavy atom. The summed E-state index contributed by atoms with van der Waals surface area (Å²) in [5, 5.41) is 7.67. The maximum atomic E-state index is 2.38. The topological polar surface area (TPSA) is 3.24 Å². The first-order valence-electron chi connectivity index (χ1n) is 16.3. The minimum Gasteiger partial charge on any atom is -0.310 e. The zero-order valence-electron chi connectivity index (χ0n) is 26.3. The first kappa shape index (κ1) is 28.3. The van der Waals surface area contributed by atoms with Crippen molar-refractivity contribution in [2.24, 2.45) is 0 Å². The molecule has 0 saturated carbocycles. The van der Waals surface area contributed by atoms with Crippen LogP contribution in [-0.4, -0.2) is 0 Å². The Morgan fingerprint density at radius 3 is 1.19 bits per heavy atom. The summed E-state index contributed by atoms with van der Waals surface area (Å²) in [5.41, 5.74) is 8.27. The molecular formula is C46H31NS. The normalized spacial score (nSPS) is 11.3. The first-order chi connectivity index (χ1) is 23.8. The Kier molecular flexibility index (Phi) is 7.07.